The van der Waals surface area contributed by atoms with Gasteiger partial charge in [-0.3, -0.25) is 0 Å². The van der Waals surface area contributed by atoms with Crippen molar-refractivity contribution in [2.75, 3.05) is 7.11 Å². The minimum atomic E-state index is -0.785. The molecule has 2 aliphatic rings. The van der Waals surface area contributed by atoms with E-state index in [-0.39, 0.29) is 22.5 Å². The molecule has 0 aromatic heterocycles. The van der Waals surface area contributed by atoms with E-state index in [1.807, 2.05) is 6.92 Å². The van der Waals surface area contributed by atoms with Crippen LogP contribution < -0.4 is 0 Å². The van der Waals surface area contributed by atoms with Gasteiger partial charge in [0.05, 0.1) is 18.3 Å². The van der Waals surface area contributed by atoms with Gasteiger partial charge in [-0.25, -0.2) is 4.79 Å². The minimum absolute atomic E-state index is 0.0111. The van der Waals surface area contributed by atoms with Crippen molar-refractivity contribution in [3.63, 3.8) is 0 Å². The lowest BCUT2D eigenvalue weighted by Crippen LogP contribution is -2.58. The second-order valence-corrected chi connectivity index (χ2v) is 9.89. The van der Waals surface area contributed by atoms with Gasteiger partial charge in [-0.05, 0) is 85.5 Å². The summed E-state index contributed by atoms with van der Waals surface area (Å²) in [6.45, 7) is 9.00. The molecule has 0 radical (unpaired) electrons. The Kier molecular flexibility index (Phi) is 5.09. The van der Waals surface area contributed by atoms with E-state index in [1.165, 1.54) is 20.0 Å². The fourth-order valence-electron chi connectivity index (χ4n) is 6.29. The number of ether oxygens (including phenoxy) is 1. The molecule has 4 nitrogen and oxygen atoms in total. The van der Waals surface area contributed by atoms with Crippen molar-refractivity contribution in [3.05, 3.63) is 29.3 Å². The number of fused-ring (bicyclic) bond motifs is 1. The van der Waals surface area contributed by atoms with Crippen molar-refractivity contribution in [2.45, 2.75) is 71.8 Å². The summed E-state index contributed by atoms with van der Waals surface area (Å²) in [6, 6.07) is 4.86. The molecule has 0 spiro atoms. The third-order valence-corrected chi connectivity index (χ3v) is 7.69. The molecule has 150 valence electrons. The summed E-state index contributed by atoms with van der Waals surface area (Å²) >= 11 is 0. The molecule has 0 unspecified atom stereocenters. The molecule has 2 N–H and O–H groups in total. The van der Waals surface area contributed by atoms with Gasteiger partial charge in [0.25, 0.3) is 0 Å². The molecule has 2 aliphatic carbocycles. The molecule has 0 aliphatic heterocycles. The summed E-state index contributed by atoms with van der Waals surface area (Å²) in [7, 11) is 1.36. The molecule has 27 heavy (non-hydrogen) atoms. The van der Waals surface area contributed by atoms with Gasteiger partial charge in [0.2, 0.25) is 0 Å². The minimum Gasteiger partial charge on any atom is -0.508 e. The van der Waals surface area contributed by atoms with Gasteiger partial charge in [0.15, 0.2) is 0 Å². The molecular formula is C23H34O4. The predicted molar refractivity (Wildman–Crippen MR) is 106 cm³/mol. The molecule has 4 heteroatoms. The first-order valence-corrected chi connectivity index (χ1v) is 10.1. The maximum Gasteiger partial charge on any atom is 0.337 e. The quantitative estimate of drug-likeness (QED) is 0.752. The van der Waals surface area contributed by atoms with Crippen LogP contribution >= 0.6 is 0 Å². The average molecular weight is 375 g/mol. The summed E-state index contributed by atoms with van der Waals surface area (Å²) < 4.78 is 4.83. The van der Waals surface area contributed by atoms with Gasteiger partial charge >= 0.3 is 5.97 Å². The number of carbonyl (C=O) groups is 1. The van der Waals surface area contributed by atoms with Crippen LogP contribution in [-0.4, -0.2) is 28.9 Å². The zero-order chi connectivity index (χ0) is 20.0. The van der Waals surface area contributed by atoms with Gasteiger partial charge < -0.3 is 14.9 Å². The molecule has 2 saturated carbocycles. The van der Waals surface area contributed by atoms with E-state index in [1.54, 1.807) is 18.2 Å². The first kappa shape index (κ1) is 20.2. The average Bonchev–Trinajstić information content (AvgIpc) is 2.58. The second-order valence-electron chi connectivity index (χ2n) is 9.89. The topological polar surface area (TPSA) is 66.8 Å². The highest BCUT2D eigenvalue weighted by molar-refractivity contribution is 5.89. The number of rotatable bonds is 3. The smallest absolute Gasteiger partial charge is 0.337 e. The number of hydrogen-bond acceptors (Lipinski definition) is 4. The van der Waals surface area contributed by atoms with Crippen molar-refractivity contribution in [2.24, 2.45) is 22.7 Å². The fourth-order valence-corrected chi connectivity index (χ4v) is 6.29. The number of methoxy groups -OCH3 is 1. The van der Waals surface area contributed by atoms with Crippen LogP contribution in [0, 0.1) is 22.7 Å². The van der Waals surface area contributed by atoms with Crippen LogP contribution in [0.1, 0.15) is 75.7 Å². The molecule has 4 atom stereocenters. The lowest BCUT2D eigenvalue weighted by atomic mass is 9.45. The summed E-state index contributed by atoms with van der Waals surface area (Å²) in [4.78, 5) is 11.9. The normalized spacial score (nSPS) is 35.3. The highest BCUT2D eigenvalue weighted by atomic mass is 16.5. The number of phenolic OH excluding ortho intramolecular Hbond substituents is 1. The Labute approximate surface area is 162 Å². The van der Waals surface area contributed by atoms with E-state index in [0.717, 1.165) is 19.3 Å². The van der Waals surface area contributed by atoms with Crippen molar-refractivity contribution < 1.29 is 19.7 Å². The summed E-state index contributed by atoms with van der Waals surface area (Å²) in [5, 5.41) is 21.8. The Bertz CT molecular complexity index is 721. The van der Waals surface area contributed by atoms with Gasteiger partial charge in [-0.2, -0.15) is 0 Å². The molecular weight excluding hydrogens is 340 g/mol. The lowest BCUT2D eigenvalue weighted by molar-refractivity contribution is -0.166. The number of benzene rings is 1. The molecule has 2 fully saturated rings. The third-order valence-electron chi connectivity index (χ3n) is 7.69. The van der Waals surface area contributed by atoms with Crippen molar-refractivity contribution >= 4 is 5.97 Å². The van der Waals surface area contributed by atoms with Gasteiger partial charge in [0.1, 0.15) is 5.75 Å². The highest BCUT2D eigenvalue weighted by Gasteiger charge is 2.57. The Hall–Kier alpha value is -1.55. The van der Waals surface area contributed by atoms with Gasteiger partial charge in [0, 0.05) is 0 Å². The summed E-state index contributed by atoms with van der Waals surface area (Å²) in [5.74, 6) is 0.353. The van der Waals surface area contributed by atoms with E-state index in [4.69, 9.17) is 4.74 Å². The maximum atomic E-state index is 11.9. The SMILES string of the molecule is COC(=O)c1ccc(O)c(C[C@@H]2[C@@]3(C)CCCC(C)(C)[C@@H]3CC[C@@]2(C)O)c1. The van der Waals surface area contributed by atoms with Crippen LogP contribution in [0.25, 0.3) is 0 Å². The van der Waals surface area contributed by atoms with Crippen molar-refractivity contribution in [3.8, 4) is 5.75 Å². The Morgan fingerprint density at radius 1 is 1.19 bits per heavy atom. The Balaban J connectivity index is 1.99. The van der Waals surface area contributed by atoms with E-state index in [9.17, 15) is 15.0 Å². The number of carbonyl (C=O) groups excluding carboxylic acids is 1. The monoisotopic (exact) mass is 374 g/mol. The van der Waals surface area contributed by atoms with E-state index < -0.39 is 11.6 Å². The van der Waals surface area contributed by atoms with Crippen LogP contribution in [0.4, 0.5) is 0 Å². The molecule has 0 saturated heterocycles. The van der Waals surface area contributed by atoms with E-state index in [2.05, 4.69) is 20.8 Å². The number of hydrogen-bond donors (Lipinski definition) is 2. The predicted octanol–water partition coefficient (Wildman–Crippen LogP) is 4.71. The number of aliphatic hydroxyl groups is 1. The molecule has 3 rings (SSSR count). The molecule has 0 bridgehead atoms. The Morgan fingerprint density at radius 2 is 1.89 bits per heavy atom. The van der Waals surface area contributed by atoms with Crippen LogP contribution in [0.2, 0.25) is 0 Å². The second kappa shape index (κ2) is 6.80. The highest BCUT2D eigenvalue weighted by Crippen LogP contribution is 2.62. The van der Waals surface area contributed by atoms with Crippen LogP contribution in [0.3, 0.4) is 0 Å². The zero-order valence-electron chi connectivity index (χ0n) is 17.3. The van der Waals surface area contributed by atoms with Crippen molar-refractivity contribution in [1.29, 1.82) is 0 Å². The number of phenols is 1. The summed E-state index contributed by atoms with van der Waals surface area (Å²) in [6.07, 6.45) is 5.87. The maximum absolute atomic E-state index is 11.9. The molecule has 1 aromatic carbocycles. The zero-order valence-corrected chi connectivity index (χ0v) is 17.3. The number of esters is 1. The van der Waals surface area contributed by atoms with Gasteiger partial charge in [-0.1, -0.05) is 27.2 Å². The number of aromatic hydroxyl groups is 1. The lowest BCUT2D eigenvalue weighted by Gasteiger charge is -2.61. The largest absolute Gasteiger partial charge is 0.508 e. The van der Waals surface area contributed by atoms with Crippen molar-refractivity contribution in [1.82, 2.24) is 0 Å². The molecule has 0 amide bonds. The van der Waals surface area contributed by atoms with E-state index in [0.29, 0.717) is 23.5 Å². The fraction of sp³-hybridized carbons (Fsp3) is 0.696. The van der Waals surface area contributed by atoms with Crippen LogP contribution in [0.15, 0.2) is 18.2 Å². The standard InChI is InChI=1S/C23H34O4/c1-21(2)10-6-11-22(3)18(21)9-12-23(4,26)19(22)14-16-13-15(20(25)27-5)7-8-17(16)24/h7-8,13,18-19,24,26H,6,9-12,14H2,1-5H3/t18-,19+,22-,23+/m0/s1. The summed E-state index contributed by atoms with van der Waals surface area (Å²) in [5.41, 5.74) is 0.640. The van der Waals surface area contributed by atoms with Gasteiger partial charge in [-0.15, -0.1) is 0 Å². The third kappa shape index (κ3) is 3.49. The first-order chi connectivity index (χ1) is 12.5. The first-order valence-electron chi connectivity index (χ1n) is 10.1. The Morgan fingerprint density at radius 3 is 2.56 bits per heavy atom. The molecule has 0 heterocycles. The van der Waals surface area contributed by atoms with Crippen LogP contribution in [0.5, 0.6) is 5.75 Å². The van der Waals surface area contributed by atoms with Crippen LogP contribution in [-0.2, 0) is 11.2 Å². The molecule has 1 aromatic rings. The van der Waals surface area contributed by atoms with E-state index >= 15 is 0 Å².